The Labute approximate surface area is 136 Å². The Balaban J connectivity index is 1.85. The van der Waals surface area contributed by atoms with Gasteiger partial charge in [0.2, 0.25) is 10.0 Å². The molecular formula is C17H20FNO3S. The zero-order valence-electron chi connectivity index (χ0n) is 13.2. The third kappa shape index (κ3) is 4.77. The first kappa shape index (κ1) is 17.4. The van der Waals surface area contributed by atoms with Crippen molar-refractivity contribution in [2.24, 2.45) is 0 Å². The van der Waals surface area contributed by atoms with Gasteiger partial charge in [0.25, 0.3) is 0 Å². The summed E-state index contributed by atoms with van der Waals surface area (Å²) < 4.78 is 44.3. The lowest BCUT2D eigenvalue weighted by Gasteiger charge is -2.17. The maximum absolute atomic E-state index is 12.8. The second-order valence-electron chi connectivity index (χ2n) is 5.30. The smallest absolute Gasteiger partial charge is 0.242 e. The standard InChI is InChI=1S/C17H20FNO3S/c1-14-4-10-17(11-5-14)23(20,21)19(2)12-3-13-22-16-8-6-15(18)7-9-16/h4-11H,3,12-13H2,1-2H3. The molecule has 0 amide bonds. The SMILES string of the molecule is Cc1ccc(S(=O)(=O)N(C)CCCOc2ccc(F)cc2)cc1. The fourth-order valence-corrected chi connectivity index (χ4v) is 3.23. The van der Waals surface area contributed by atoms with Gasteiger partial charge in [0.05, 0.1) is 11.5 Å². The number of hydrogen-bond donors (Lipinski definition) is 0. The van der Waals surface area contributed by atoms with Crippen LogP contribution in [0.2, 0.25) is 0 Å². The van der Waals surface area contributed by atoms with Gasteiger partial charge in [0.1, 0.15) is 11.6 Å². The summed E-state index contributed by atoms with van der Waals surface area (Å²) in [7, 11) is -1.93. The van der Waals surface area contributed by atoms with Crippen molar-refractivity contribution in [3.8, 4) is 5.75 Å². The second-order valence-corrected chi connectivity index (χ2v) is 7.34. The van der Waals surface area contributed by atoms with Gasteiger partial charge in [-0.3, -0.25) is 0 Å². The molecular weight excluding hydrogens is 317 g/mol. The number of nitrogens with zero attached hydrogens (tertiary/aromatic N) is 1. The van der Waals surface area contributed by atoms with E-state index in [4.69, 9.17) is 4.74 Å². The average Bonchev–Trinajstić information content (AvgIpc) is 2.53. The molecule has 0 saturated heterocycles. The molecule has 0 radical (unpaired) electrons. The highest BCUT2D eigenvalue weighted by molar-refractivity contribution is 7.89. The fourth-order valence-electron chi connectivity index (χ4n) is 2.02. The molecule has 124 valence electrons. The number of aryl methyl sites for hydroxylation is 1. The Bertz CT molecular complexity index is 727. The van der Waals surface area contributed by atoms with E-state index in [1.165, 1.54) is 16.4 Å². The van der Waals surface area contributed by atoms with Crippen LogP contribution in [0.25, 0.3) is 0 Å². The van der Waals surface area contributed by atoms with Crippen LogP contribution in [-0.2, 0) is 10.0 Å². The molecule has 0 unspecified atom stereocenters. The summed E-state index contributed by atoms with van der Waals surface area (Å²) >= 11 is 0. The van der Waals surface area contributed by atoms with Gasteiger partial charge in [0.15, 0.2) is 0 Å². The molecule has 2 aromatic carbocycles. The molecule has 0 aliphatic carbocycles. The van der Waals surface area contributed by atoms with Crippen LogP contribution in [0.15, 0.2) is 53.4 Å². The monoisotopic (exact) mass is 337 g/mol. The Kier molecular flexibility index (Phi) is 5.74. The van der Waals surface area contributed by atoms with Gasteiger partial charge in [-0.25, -0.2) is 17.1 Å². The molecule has 0 spiro atoms. The van der Waals surface area contributed by atoms with Gasteiger partial charge in [-0.05, 0) is 49.7 Å². The zero-order valence-corrected chi connectivity index (χ0v) is 14.0. The Morgan fingerprint density at radius 2 is 1.65 bits per heavy atom. The molecule has 0 bridgehead atoms. The molecule has 0 aliphatic rings. The van der Waals surface area contributed by atoms with E-state index < -0.39 is 10.0 Å². The lowest BCUT2D eigenvalue weighted by Crippen LogP contribution is -2.28. The van der Waals surface area contributed by atoms with Crippen molar-refractivity contribution >= 4 is 10.0 Å². The molecule has 6 heteroatoms. The van der Waals surface area contributed by atoms with Crippen molar-refractivity contribution in [2.45, 2.75) is 18.2 Å². The summed E-state index contributed by atoms with van der Waals surface area (Å²) in [6.45, 7) is 2.61. The van der Waals surface area contributed by atoms with Crippen LogP contribution in [0, 0.1) is 12.7 Å². The average molecular weight is 337 g/mol. The van der Waals surface area contributed by atoms with Crippen molar-refractivity contribution in [3.05, 3.63) is 59.9 Å². The van der Waals surface area contributed by atoms with Gasteiger partial charge in [0, 0.05) is 13.6 Å². The summed E-state index contributed by atoms with van der Waals surface area (Å²) in [5, 5.41) is 0. The molecule has 4 nitrogen and oxygen atoms in total. The molecule has 0 atom stereocenters. The van der Waals surface area contributed by atoms with Gasteiger partial charge in [-0.15, -0.1) is 0 Å². The van der Waals surface area contributed by atoms with E-state index in [1.807, 2.05) is 6.92 Å². The van der Waals surface area contributed by atoms with Crippen LogP contribution in [0.5, 0.6) is 5.75 Å². The minimum absolute atomic E-state index is 0.282. The third-order valence-corrected chi connectivity index (χ3v) is 5.30. The summed E-state index contributed by atoms with van der Waals surface area (Å²) in [4.78, 5) is 0.282. The Morgan fingerprint density at radius 3 is 2.26 bits per heavy atom. The summed E-state index contributed by atoms with van der Waals surface area (Å²) in [5.74, 6) is 0.247. The zero-order chi connectivity index (χ0) is 16.9. The van der Waals surface area contributed by atoms with Crippen LogP contribution in [-0.4, -0.2) is 32.9 Å². The van der Waals surface area contributed by atoms with Crippen molar-refractivity contribution < 1.29 is 17.5 Å². The molecule has 0 fully saturated rings. The maximum atomic E-state index is 12.8. The lowest BCUT2D eigenvalue weighted by molar-refractivity contribution is 0.296. The number of rotatable bonds is 7. The van der Waals surface area contributed by atoms with Gasteiger partial charge < -0.3 is 4.74 Å². The number of ether oxygens (including phenoxy) is 1. The van der Waals surface area contributed by atoms with E-state index in [1.54, 1.807) is 43.4 Å². The lowest BCUT2D eigenvalue weighted by atomic mass is 10.2. The predicted molar refractivity (Wildman–Crippen MR) is 87.5 cm³/mol. The van der Waals surface area contributed by atoms with Crippen molar-refractivity contribution in [2.75, 3.05) is 20.2 Å². The third-order valence-electron chi connectivity index (χ3n) is 3.43. The molecule has 2 rings (SSSR count). The molecule has 23 heavy (non-hydrogen) atoms. The minimum Gasteiger partial charge on any atom is -0.494 e. The molecule has 0 aliphatic heterocycles. The molecule has 0 heterocycles. The van der Waals surface area contributed by atoms with Crippen LogP contribution < -0.4 is 4.74 Å². The highest BCUT2D eigenvalue weighted by Gasteiger charge is 2.19. The van der Waals surface area contributed by atoms with E-state index in [9.17, 15) is 12.8 Å². The summed E-state index contributed by atoms with van der Waals surface area (Å²) in [5.41, 5.74) is 1.01. The topological polar surface area (TPSA) is 46.6 Å². The highest BCUT2D eigenvalue weighted by atomic mass is 32.2. The quantitative estimate of drug-likeness (QED) is 0.729. The first-order chi connectivity index (χ1) is 10.9. The summed E-state index contributed by atoms with van der Waals surface area (Å²) in [6.07, 6.45) is 0.541. The number of sulfonamides is 1. The maximum Gasteiger partial charge on any atom is 0.242 e. The first-order valence-electron chi connectivity index (χ1n) is 7.31. The first-order valence-corrected chi connectivity index (χ1v) is 8.75. The number of benzene rings is 2. The van der Waals surface area contributed by atoms with E-state index in [0.29, 0.717) is 25.3 Å². The van der Waals surface area contributed by atoms with Crippen LogP contribution in [0.3, 0.4) is 0 Å². The molecule has 0 aromatic heterocycles. The van der Waals surface area contributed by atoms with Gasteiger partial charge >= 0.3 is 0 Å². The number of halogens is 1. The van der Waals surface area contributed by atoms with Crippen LogP contribution in [0.1, 0.15) is 12.0 Å². The van der Waals surface area contributed by atoms with E-state index in [2.05, 4.69) is 0 Å². The molecule has 2 aromatic rings. The summed E-state index contributed by atoms with van der Waals surface area (Å²) in [6, 6.07) is 12.5. The van der Waals surface area contributed by atoms with E-state index >= 15 is 0 Å². The fraction of sp³-hybridized carbons (Fsp3) is 0.294. The van der Waals surface area contributed by atoms with Crippen molar-refractivity contribution in [1.29, 1.82) is 0 Å². The molecule has 0 saturated carbocycles. The largest absolute Gasteiger partial charge is 0.494 e. The van der Waals surface area contributed by atoms with E-state index in [0.717, 1.165) is 5.56 Å². The van der Waals surface area contributed by atoms with E-state index in [-0.39, 0.29) is 10.7 Å². The molecule has 0 N–H and O–H groups in total. The van der Waals surface area contributed by atoms with Gasteiger partial charge in [-0.1, -0.05) is 17.7 Å². The highest BCUT2D eigenvalue weighted by Crippen LogP contribution is 2.16. The van der Waals surface area contributed by atoms with Gasteiger partial charge in [-0.2, -0.15) is 0 Å². The Morgan fingerprint density at radius 1 is 1.04 bits per heavy atom. The van der Waals surface area contributed by atoms with Crippen LogP contribution >= 0.6 is 0 Å². The number of hydrogen-bond acceptors (Lipinski definition) is 3. The van der Waals surface area contributed by atoms with Crippen molar-refractivity contribution in [3.63, 3.8) is 0 Å². The minimum atomic E-state index is -3.48. The van der Waals surface area contributed by atoms with Crippen LogP contribution in [0.4, 0.5) is 4.39 Å². The Hall–Kier alpha value is -1.92. The second kappa shape index (κ2) is 7.57. The predicted octanol–water partition coefficient (Wildman–Crippen LogP) is 3.22. The normalized spacial score (nSPS) is 11.7. The van der Waals surface area contributed by atoms with Crippen molar-refractivity contribution in [1.82, 2.24) is 4.31 Å².